The lowest BCUT2D eigenvalue weighted by atomic mass is 9.97. The summed E-state index contributed by atoms with van der Waals surface area (Å²) in [4.78, 5) is 22.4. The Hall–Kier alpha value is -1.30. The number of nitrogens with zero attached hydrogens (tertiary/aromatic N) is 1. The van der Waals surface area contributed by atoms with Gasteiger partial charge in [-0.05, 0) is 48.9 Å². The van der Waals surface area contributed by atoms with E-state index in [1.54, 1.807) is 23.1 Å². The highest BCUT2D eigenvalue weighted by Crippen LogP contribution is 2.33. The van der Waals surface area contributed by atoms with Crippen molar-refractivity contribution in [3.8, 4) is 0 Å². The molecule has 0 atom stereocenters. The number of hydrogen-bond donors (Lipinski definition) is 1. The summed E-state index contributed by atoms with van der Waals surface area (Å²) in [5.41, 5.74) is 2.45. The van der Waals surface area contributed by atoms with Crippen LogP contribution in [0.1, 0.15) is 34.7 Å². The number of aromatic nitrogens is 2. The lowest BCUT2D eigenvalue weighted by Crippen LogP contribution is -2.12. The molecule has 0 saturated carbocycles. The van der Waals surface area contributed by atoms with Crippen LogP contribution in [0.5, 0.6) is 0 Å². The number of halogens is 1. The smallest absolute Gasteiger partial charge is 0.259 e. The van der Waals surface area contributed by atoms with E-state index < -0.39 is 0 Å². The Labute approximate surface area is 153 Å². The Morgan fingerprint density at radius 2 is 2.12 bits per heavy atom. The van der Waals surface area contributed by atoms with E-state index in [2.05, 4.69) is 11.1 Å². The first-order valence-corrected chi connectivity index (χ1v) is 10.4. The molecule has 1 aromatic carbocycles. The Morgan fingerprint density at radius 1 is 1.25 bits per heavy atom. The van der Waals surface area contributed by atoms with E-state index in [1.165, 1.54) is 28.8 Å². The van der Waals surface area contributed by atoms with Crippen LogP contribution in [0.3, 0.4) is 0 Å². The molecule has 6 heteroatoms. The highest BCUT2D eigenvalue weighted by atomic mass is 35.5. The third-order valence-corrected chi connectivity index (χ3v) is 6.71. The number of nitrogens with one attached hydrogen (secondary N) is 1. The molecule has 1 aliphatic carbocycles. The average molecular weight is 377 g/mol. The minimum Gasteiger partial charge on any atom is -0.309 e. The fraction of sp³-hybridized carbons (Fsp3) is 0.333. The second kappa shape index (κ2) is 6.90. The largest absolute Gasteiger partial charge is 0.309 e. The van der Waals surface area contributed by atoms with Crippen LogP contribution in [0.25, 0.3) is 10.2 Å². The molecule has 4 rings (SSSR count). The molecule has 0 fully saturated rings. The third-order valence-electron chi connectivity index (χ3n) is 4.27. The molecule has 0 radical (unpaired) electrons. The van der Waals surface area contributed by atoms with Gasteiger partial charge in [-0.15, -0.1) is 23.1 Å². The summed E-state index contributed by atoms with van der Waals surface area (Å²) < 4.78 is 0. The number of H-pyrrole nitrogens is 1. The lowest BCUT2D eigenvalue weighted by Gasteiger charge is -2.09. The SMILES string of the molecule is O=c1[nH]c(CSCc2cccc(Cl)c2)nc2sc3c(c12)CCCC3. The van der Waals surface area contributed by atoms with Gasteiger partial charge in [-0.3, -0.25) is 4.79 Å². The topological polar surface area (TPSA) is 45.8 Å². The molecule has 0 saturated heterocycles. The normalized spacial score (nSPS) is 14.0. The fourth-order valence-electron chi connectivity index (χ4n) is 3.17. The molecule has 0 unspecified atom stereocenters. The summed E-state index contributed by atoms with van der Waals surface area (Å²) in [5, 5.41) is 1.59. The number of thiophene rings is 1. The first kappa shape index (κ1) is 16.2. The number of aryl methyl sites for hydroxylation is 2. The monoisotopic (exact) mass is 376 g/mol. The number of aromatic amines is 1. The number of hydrogen-bond acceptors (Lipinski definition) is 4. The van der Waals surface area contributed by atoms with Gasteiger partial charge in [-0.2, -0.15) is 0 Å². The Morgan fingerprint density at radius 3 is 3.00 bits per heavy atom. The molecule has 124 valence electrons. The van der Waals surface area contributed by atoms with Gasteiger partial charge in [0.15, 0.2) is 0 Å². The molecule has 3 nitrogen and oxygen atoms in total. The van der Waals surface area contributed by atoms with E-state index in [0.29, 0.717) is 5.75 Å². The molecule has 0 amide bonds. The van der Waals surface area contributed by atoms with E-state index in [9.17, 15) is 4.79 Å². The zero-order valence-corrected chi connectivity index (χ0v) is 15.5. The molecule has 2 heterocycles. The second-order valence-electron chi connectivity index (χ2n) is 6.03. The van der Waals surface area contributed by atoms with Crippen molar-refractivity contribution in [1.29, 1.82) is 0 Å². The van der Waals surface area contributed by atoms with Gasteiger partial charge in [0.05, 0.1) is 11.1 Å². The molecular weight excluding hydrogens is 360 g/mol. The van der Waals surface area contributed by atoms with Crippen LogP contribution in [0.4, 0.5) is 0 Å². The minimum absolute atomic E-state index is 0.0257. The molecule has 2 aromatic heterocycles. The van der Waals surface area contributed by atoms with Crippen LogP contribution in [-0.2, 0) is 24.3 Å². The summed E-state index contributed by atoms with van der Waals surface area (Å²) in [7, 11) is 0. The van der Waals surface area contributed by atoms with Crippen molar-refractivity contribution in [2.75, 3.05) is 0 Å². The van der Waals surface area contributed by atoms with Crippen LogP contribution in [0, 0.1) is 0 Å². The molecule has 0 bridgehead atoms. The number of fused-ring (bicyclic) bond motifs is 3. The van der Waals surface area contributed by atoms with Gasteiger partial charge in [-0.1, -0.05) is 23.7 Å². The zero-order valence-electron chi connectivity index (χ0n) is 13.1. The molecule has 0 aliphatic heterocycles. The van der Waals surface area contributed by atoms with Gasteiger partial charge in [0.2, 0.25) is 0 Å². The van der Waals surface area contributed by atoms with Crippen molar-refractivity contribution in [1.82, 2.24) is 9.97 Å². The van der Waals surface area contributed by atoms with Gasteiger partial charge in [0, 0.05) is 15.7 Å². The lowest BCUT2D eigenvalue weighted by molar-refractivity contribution is 0.700. The zero-order chi connectivity index (χ0) is 16.5. The van der Waals surface area contributed by atoms with Gasteiger partial charge < -0.3 is 4.98 Å². The van der Waals surface area contributed by atoms with Crippen LogP contribution in [-0.4, -0.2) is 9.97 Å². The quantitative estimate of drug-likeness (QED) is 0.700. The van der Waals surface area contributed by atoms with Crippen LogP contribution >= 0.6 is 34.7 Å². The van der Waals surface area contributed by atoms with Crippen LogP contribution in [0.2, 0.25) is 5.02 Å². The molecular formula is C18H17ClN2OS2. The van der Waals surface area contributed by atoms with Gasteiger partial charge in [-0.25, -0.2) is 4.98 Å². The summed E-state index contributed by atoms with van der Waals surface area (Å²) >= 11 is 9.44. The number of thioether (sulfide) groups is 1. The number of rotatable bonds is 4. The predicted octanol–water partition coefficient (Wildman–Crippen LogP) is 4.95. The standard InChI is InChI=1S/C18H17ClN2OS2/c19-12-5-3-4-11(8-12)9-23-10-15-20-17(22)16-13-6-1-2-7-14(13)24-18(16)21-15/h3-5,8H,1-2,6-7,9-10H2,(H,20,21,22). The van der Waals surface area contributed by atoms with Crippen molar-refractivity contribution in [2.24, 2.45) is 0 Å². The van der Waals surface area contributed by atoms with E-state index in [0.717, 1.165) is 39.7 Å². The van der Waals surface area contributed by atoms with Gasteiger partial charge in [0.25, 0.3) is 5.56 Å². The molecule has 0 spiro atoms. The Balaban J connectivity index is 1.53. The summed E-state index contributed by atoms with van der Waals surface area (Å²) in [5.74, 6) is 2.31. The average Bonchev–Trinajstić information content (AvgIpc) is 2.93. The summed E-state index contributed by atoms with van der Waals surface area (Å²) in [6.45, 7) is 0. The Kier molecular flexibility index (Phi) is 4.66. The second-order valence-corrected chi connectivity index (χ2v) is 8.53. The highest BCUT2D eigenvalue weighted by Gasteiger charge is 2.19. The van der Waals surface area contributed by atoms with Crippen molar-refractivity contribution in [3.05, 3.63) is 61.5 Å². The van der Waals surface area contributed by atoms with Crippen LogP contribution < -0.4 is 5.56 Å². The van der Waals surface area contributed by atoms with E-state index in [-0.39, 0.29) is 5.56 Å². The van der Waals surface area contributed by atoms with Crippen molar-refractivity contribution in [3.63, 3.8) is 0 Å². The maximum atomic E-state index is 12.5. The molecule has 24 heavy (non-hydrogen) atoms. The van der Waals surface area contributed by atoms with Crippen molar-refractivity contribution in [2.45, 2.75) is 37.2 Å². The highest BCUT2D eigenvalue weighted by molar-refractivity contribution is 7.97. The Bertz CT molecular complexity index is 948. The van der Waals surface area contributed by atoms with E-state index >= 15 is 0 Å². The minimum atomic E-state index is 0.0257. The summed E-state index contributed by atoms with van der Waals surface area (Å²) in [6.07, 6.45) is 4.51. The third kappa shape index (κ3) is 3.25. The predicted molar refractivity (Wildman–Crippen MR) is 103 cm³/mol. The molecule has 1 aliphatic rings. The van der Waals surface area contributed by atoms with Gasteiger partial charge >= 0.3 is 0 Å². The van der Waals surface area contributed by atoms with E-state index in [4.69, 9.17) is 16.6 Å². The number of benzene rings is 1. The first-order valence-electron chi connectivity index (χ1n) is 8.06. The summed E-state index contributed by atoms with van der Waals surface area (Å²) in [6, 6.07) is 7.87. The van der Waals surface area contributed by atoms with E-state index in [1.807, 2.05) is 18.2 Å². The maximum absolute atomic E-state index is 12.5. The van der Waals surface area contributed by atoms with Gasteiger partial charge in [0.1, 0.15) is 10.7 Å². The maximum Gasteiger partial charge on any atom is 0.259 e. The van der Waals surface area contributed by atoms with Crippen molar-refractivity contribution >= 4 is 44.9 Å². The van der Waals surface area contributed by atoms with Crippen molar-refractivity contribution < 1.29 is 0 Å². The van der Waals surface area contributed by atoms with Crippen LogP contribution in [0.15, 0.2) is 29.1 Å². The first-order chi connectivity index (χ1) is 11.7. The molecule has 1 N–H and O–H groups in total. The fourth-order valence-corrected chi connectivity index (χ4v) is 5.51. The molecule has 3 aromatic rings.